The number of carbonyl (C=O) groups excluding carboxylic acids is 1. The molecule has 0 spiro atoms. The molecule has 2 nitrogen and oxygen atoms in total. The van der Waals surface area contributed by atoms with Gasteiger partial charge in [0.25, 0.3) is 0 Å². The van der Waals surface area contributed by atoms with E-state index in [1.54, 1.807) is 0 Å². The Kier molecular flexibility index (Phi) is 3.74. The lowest BCUT2D eigenvalue weighted by atomic mass is 9.81. The Morgan fingerprint density at radius 1 is 1.39 bits per heavy atom. The van der Waals surface area contributed by atoms with Crippen molar-refractivity contribution in [3.63, 3.8) is 0 Å². The Morgan fingerprint density at radius 2 is 2.11 bits per heavy atom. The summed E-state index contributed by atoms with van der Waals surface area (Å²) < 4.78 is 5.72. The molecular formula is C16H22O2. The number of aldehydes is 1. The average Bonchev–Trinajstić information content (AvgIpc) is 3.20. The zero-order valence-corrected chi connectivity index (χ0v) is 11.5. The predicted octanol–water partition coefficient (Wildman–Crippen LogP) is 3.98. The fourth-order valence-electron chi connectivity index (χ4n) is 1.89. The maximum Gasteiger partial charge on any atom is 0.153 e. The van der Waals surface area contributed by atoms with E-state index >= 15 is 0 Å². The van der Waals surface area contributed by atoms with Crippen molar-refractivity contribution in [3.05, 3.63) is 29.3 Å². The number of benzene rings is 1. The van der Waals surface area contributed by atoms with Crippen LogP contribution in [0.5, 0.6) is 5.75 Å². The largest absolute Gasteiger partial charge is 0.493 e. The summed E-state index contributed by atoms with van der Waals surface area (Å²) in [6.45, 7) is 7.30. The first-order chi connectivity index (χ1) is 8.56. The minimum Gasteiger partial charge on any atom is -0.493 e. The van der Waals surface area contributed by atoms with Gasteiger partial charge in [0.1, 0.15) is 5.75 Å². The van der Waals surface area contributed by atoms with Crippen LogP contribution in [0.4, 0.5) is 0 Å². The van der Waals surface area contributed by atoms with Crippen LogP contribution in [0.2, 0.25) is 0 Å². The van der Waals surface area contributed by atoms with Crippen LogP contribution in [0.1, 0.15) is 56.0 Å². The minimum atomic E-state index is 0.104. The van der Waals surface area contributed by atoms with Crippen molar-refractivity contribution in [1.82, 2.24) is 0 Å². The zero-order valence-electron chi connectivity index (χ0n) is 11.5. The molecule has 1 fully saturated rings. The first-order valence-electron chi connectivity index (χ1n) is 6.79. The molecule has 0 saturated heterocycles. The molecule has 0 amide bonds. The maximum atomic E-state index is 11.2. The molecular weight excluding hydrogens is 224 g/mol. The lowest BCUT2D eigenvalue weighted by Crippen LogP contribution is -2.16. The van der Waals surface area contributed by atoms with Gasteiger partial charge in [0, 0.05) is 0 Å². The first-order valence-corrected chi connectivity index (χ1v) is 6.79. The molecule has 2 heteroatoms. The molecule has 0 atom stereocenters. The van der Waals surface area contributed by atoms with E-state index in [0.717, 1.165) is 25.1 Å². The molecule has 18 heavy (non-hydrogen) atoms. The van der Waals surface area contributed by atoms with Crippen LogP contribution in [-0.2, 0) is 5.41 Å². The lowest BCUT2D eigenvalue weighted by Gasteiger charge is -2.24. The quantitative estimate of drug-likeness (QED) is 0.710. The number of rotatable bonds is 6. The Balaban J connectivity index is 2.18. The maximum absolute atomic E-state index is 11.2. The summed E-state index contributed by atoms with van der Waals surface area (Å²) in [5.41, 5.74) is 1.98. The van der Waals surface area contributed by atoms with Gasteiger partial charge in [-0.25, -0.2) is 0 Å². The fourth-order valence-corrected chi connectivity index (χ4v) is 1.89. The third-order valence-electron chi connectivity index (χ3n) is 3.97. The van der Waals surface area contributed by atoms with Gasteiger partial charge < -0.3 is 4.74 Å². The molecule has 1 saturated carbocycles. The molecule has 0 bridgehead atoms. The van der Waals surface area contributed by atoms with E-state index in [1.807, 2.05) is 12.1 Å². The number of hydrogen-bond acceptors (Lipinski definition) is 2. The van der Waals surface area contributed by atoms with E-state index < -0.39 is 0 Å². The summed E-state index contributed by atoms with van der Waals surface area (Å²) >= 11 is 0. The Labute approximate surface area is 109 Å². The summed E-state index contributed by atoms with van der Waals surface area (Å²) in [5.74, 6) is 1.43. The smallest absolute Gasteiger partial charge is 0.153 e. The van der Waals surface area contributed by atoms with E-state index in [9.17, 15) is 4.79 Å². The van der Waals surface area contributed by atoms with Crippen LogP contribution in [0.15, 0.2) is 18.2 Å². The van der Waals surface area contributed by atoms with E-state index in [0.29, 0.717) is 11.5 Å². The summed E-state index contributed by atoms with van der Waals surface area (Å²) in [7, 11) is 0. The van der Waals surface area contributed by atoms with Gasteiger partial charge in [0.05, 0.1) is 12.2 Å². The number of carbonyl (C=O) groups is 1. The monoisotopic (exact) mass is 246 g/mol. The van der Waals surface area contributed by atoms with Crippen molar-refractivity contribution < 1.29 is 9.53 Å². The van der Waals surface area contributed by atoms with Gasteiger partial charge in [-0.3, -0.25) is 4.79 Å². The molecule has 0 aliphatic heterocycles. The molecule has 1 aromatic rings. The van der Waals surface area contributed by atoms with E-state index in [1.165, 1.54) is 18.4 Å². The summed E-state index contributed by atoms with van der Waals surface area (Å²) in [6.07, 6.45) is 4.47. The third kappa shape index (κ3) is 2.92. The zero-order chi connectivity index (χ0) is 13.2. The summed E-state index contributed by atoms with van der Waals surface area (Å²) in [4.78, 5) is 11.2. The van der Waals surface area contributed by atoms with Crippen molar-refractivity contribution in [2.24, 2.45) is 5.92 Å². The van der Waals surface area contributed by atoms with Gasteiger partial charge in [-0.2, -0.15) is 0 Å². The lowest BCUT2D eigenvalue weighted by molar-refractivity contribution is 0.111. The van der Waals surface area contributed by atoms with Crippen LogP contribution in [0.3, 0.4) is 0 Å². The fraction of sp³-hybridized carbons (Fsp3) is 0.562. The second-order valence-corrected chi connectivity index (χ2v) is 5.86. The van der Waals surface area contributed by atoms with Gasteiger partial charge in [0.15, 0.2) is 6.29 Å². The van der Waals surface area contributed by atoms with Crippen molar-refractivity contribution >= 4 is 6.29 Å². The van der Waals surface area contributed by atoms with Crippen molar-refractivity contribution in [2.45, 2.75) is 45.4 Å². The number of ether oxygens (including phenoxy) is 1. The highest BCUT2D eigenvalue weighted by atomic mass is 16.5. The predicted molar refractivity (Wildman–Crippen MR) is 73.4 cm³/mol. The molecule has 1 aromatic carbocycles. The number of hydrogen-bond donors (Lipinski definition) is 0. The van der Waals surface area contributed by atoms with Crippen LogP contribution < -0.4 is 4.74 Å². The molecule has 0 radical (unpaired) electrons. The molecule has 1 aliphatic rings. The Hall–Kier alpha value is -1.31. The molecule has 0 aromatic heterocycles. The summed E-state index contributed by atoms with van der Waals surface area (Å²) in [6, 6.07) is 6.00. The minimum absolute atomic E-state index is 0.104. The van der Waals surface area contributed by atoms with Crippen LogP contribution in [0, 0.1) is 5.92 Å². The SMILES string of the molecule is CCC(C)(C)c1ccc(OCC2CC2)c(C=O)c1. The van der Waals surface area contributed by atoms with Crippen LogP contribution >= 0.6 is 0 Å². The van der Waals surface area contributed by atoms with Crippen LogP contribution in [0.25, 0.3) is 0 Å². The van der Waals surface area contributed by atoms with E-state index in [-0.39, 0.29) is 5.41 Å². The van der Waals surface area contributed by atoms with E-state index in [4.69, 9.17) is 4.74 Å². The van der Waals surface area contributed by atoms with Gasteiger partial charge in [-0.05, 0) is 48.3 Å². The van der Waals surface area contributed by atoms with Gasteiger partial charge in [-0.15, -0.1) is 0 Å². The molecule has 2 rings (SSSR count). The molecule has 98 valence electrons. The normalized spacial score (nSPS) is 15.5. The van der Waals surface area contributed by atoms with Gasteiger partial charge in [-0.1, -0.05) is 26.8 Å². The first kappa shape index (κ1) is 13.1. The highest BCUT2D eigenvalue weighted by molar-refractivity contribution is 5.79. The topological polar surface area (TPSA) is 26.3 Å². The van der Waals surface area contributed by atoms with E-state index in [2.05, 4.69) is 26.8 Å². The second kappa shape index (κ2) is 5.13. The third-order valence-corrected chi connectivity index (χ3v) is 3.97. The second-order valence-electron chi connectivity index (χ2n) is 5.86. The van der Waals surface area contributed by atoms with Crippen molar-refractivity contribution in [1.29, 1.82) is 0 Å². The molecule has 0 heterocycles. The van der Waals surface area contributed by atoms with Crippen molar-refractivity contribution in [3.8, 4) is 5.75 Å². The average molecular weight is 246 g/mol. The van der Waals surface area contributed by atoms with Crippen molar-refractivity contribution in [2.75, 3.05) is 6.61 Å². The standard InChI is InChI=1S/C16H22O2/c1-4-16(2,3)14-7-8-15(13(9-14)10-17)18-11-12-5-6-12/h7-10,12H,4-6,11H2,1-3H3. The van der Waals surface area contributed by atoms with Gasteiger partial charge >= 0.3 is 0 Å². The Morgan fingerprint density at radius 3 is 2.67 bits per heavy atom. The highest BCUT2D eigenvalue weighted by Crippen LogP contribution is 2.32. The van der Waals surface area contributed by atoms with Crippen LogP contribution in [-0.4, -0.2) is 12.9 Å². The molecule has 0 unspecified atom stereocenters. The molecule has 1 aliphatic carbocycles. The summed E-state index contributed by atoms with van der Waals surface area (Å²) in [5, 5.41) is 0. The Bertz CT molecular complexity index is 431. The van der Waals surface area contributed by atoms with Gasteiger partial charge in [0.2, 0.25) is 0 Å². The molecule has 0 N–H and O–H groups in total. The highest BCUT2D eigenvalue weighted by Gasteiger charge is 2.23.